The van der Waals surface area contributed by atoms with Crippen LogP contribution in [0.25, 0.3) is 0 Å². The highest BCUT2D eigenvalue weighted by molar-refractivity contribution is 6.08. The van der Waals surface area contributed by atoms with Crippen LogP contribution in [0.15, 0.2) is 24.3 Å². The smallest absolute Gasteiger partial charge is 0.327 e. The third-order valence-corrected chi connectivity index (χ3v) is 3.04. The fraction of sp³-hybridized carbons (Fsp3) is 0.429. The summed E-state index contributed by atoms with van der Waals surface area (Å²) in [7, 11) is 0. The second-order valence-corrected chi connectivity index (χ2v) is 5.78. The molecule has 0 radical (unpaired) electrons. The number of ether oxygens (including phenoxy) is 1. The molecule has 1 aromatic carbocycles. The van der Waals surface area contributed by atoms with E-state index >= 15 is 0 Å². The van der Waals surface area contributed by atoms with Crippen LogP contribution in [-0.4, -0.2) is 28.6 Å². The van der Waals surface area contributed by atoms with E-state index in [2.05, 4.69) is 5.32 Å². The highest BCUT2D eigenvalue weighted by Gasteiger charge is 2.53. The van der Waals surface area contributed by atoms with Crippen LogP contribution in [0, 0.1) is 0 Å². The van der Waals surface area contributed by atoms with Gasteiger partial charge in [0, 0.05) is 11.3 Å². The highest BCUT2D eigenvalue weighted by Crippen LogP contribution is 2.38. The van der Waals surface area contributed by atoms with E-state index in [9.17, 15) is 14.7 Å². The maximum absolute atomic E-state index is 12.0. The van der Waals surface area contributed by atoms with Crippen molar-refractivity contribution in [3.63, 3.8) is 0 Å². The zero-order chi connectivity index (χ0) is 15.1. The van der Waals surface area contributed by atoms with Gasteiger partial charge in [0.1, 0.15) is 11.6 Å². The number of nitrogens with two attached hydrogens (primary N) is 1. The van der Waals surface area contributed by atoms with E-state index in [1.807, 2.05) is 0 Å². The lowest BCUT2D eigenvalue weighted by Gasteiger charge is -2.29. The quantitative estimate of drug-likeness (QED) is 0.684. The van der Waals surface area contributed by atoms with E-state index in [1.54, 1.807) is 45.0 Å². The fourth-order valence-corrected chi connectivity index (χ4v) is 2.11. The third-order valence-electron chi connectivity index (χ3n) is 3.04. The van der Waals surface area contributed by atoms with Crippen molar-refractivity contribution in [1.29, 1.82) is 0 Å². The van der Waals surface area contributed by atoms with Crippen molar-refractivity contribution in [2.45, 2.75) is 38.0 Å². The number of carbonyl (C=O) groups is 2. The molecule has 0 aliphatic carbocycles. The highest BCUT2D eigenvalue weighted by atomic mass is 16.6. The van der Waals surface area contributed by atoms with Crippen LogP contribution in [0.4, 0.5) is 5.69 Å². The van der Waals surface area contributed by atoms with Crippen molar-refractivity contribution in [1.82, 2.24) is 0 Å². The monoisotopic (exact) mass is 278 g/mol. The van der Waals surface area contributed by atoms with Crippen molar-refractivity contribution in [2.24, 2.45) is 5.73 Å². The molecule has 1 aromatic rings. The van der Waals surface area contributed by atoms with E-state index in [-0.39, 0.29) is 5.56 Å². The molecular weight excluding hydrogens is 260 g/mol. The summed E-state index contributed by atoms with van der Waals surface area (Å²) in [5.41, 5.74) is 3.65. The van der Waals surface area contributed by atoms with Crippen molar-refractivity contribution in [3.05, 3.63) is 29.8 Å². The van der Waals surface area contributed by atoms with Crippen molar-refractivity contribution >= 4 is 17.6 Å². The van der Waals surface area contributed by atoms with E-state index < -0.39 is 29.1 Å². The Morgan fingerprint density at radius 1 is 1.40 bits per heavy atom. The molecule has 6 nitrogen and oxygen atoms in total. The molecule has 4 N–H and O–H groups in total. The first-order valence-corrected chi connectivity index (χ1v) is 6.28. The summed E-state index contributed by atoms with van der Waals surface area (Å²) in [5.74, 6) is -1.55. The second-order valence-electron chi connectivity index (χ2n) is 5.78. The van der Waals surface area contributed by atoms with Crippen molar-refractivity contribution < 1.29 is 19.4 Å². The van der Waals surface area contributed by atoms with Crippen LogP contribution >= 0.6 is 0 Å². The van der Waals surface area contributed by atoms with Gasteiger partial charge in [-0.25, -0.2) is 0 Å². The molecule has 6 heteroatoms. The Labute approximate surface area is 116 Å². The fourth-order valence-electron chi connectivity index (χ4n) is 2.11. The molecular formula is C14H18N2O4. The number of rotatable bonds is 2. The molecule has 0 bridgehead atoms. The average molecular weight is 278 g/mol. The summed E-state index contributed by atoms with van der Waals surface area (Å²) < 4.78 is 5.14. The van der Waals surface area contributed by atoms with Gasteiger partial charge in [-0.3, -0.25) is 9.59 Å². The normalized spacial score (nSPS) is 22.9. The SMILES string of the molecule is CC(C)(C)OC(=O)C(N)C1(O)C(=O)Nc2ccccc21. The van der Waals surface area contributed by atoms with E-state index in [0.29, 0.717) is 5.69 Å². The second kappa shape index (κ2) is 4.57. The molecule has 2 rings (SSSR count). The van der Waals surface area contributed by atoms with Gasteiger partial charge in [0.25, 0.3) is 5.91 Å². The van der Waals surface area contributed by atoms with Gasteiger partial charge in [0.2, 0.25) is 0 Å². The molecule has 0 spiro atoms. The molecule has 0 saturated heterocycles. The Hall–Kier alpha value is -1.92. The number of anilines is 1. The number of para-hydroxylation sites is 1. The van der Waals surface area contributed by atoms with Crippen LogP contribution in [0.2, 0.25) is 0 Å². The first-order valence-electron chi connectivity index (χ1n) is 6.28. The number of hydrogen-bond donors (Lipinski definition) is 3. The molecule has 108 valence electrons. The maximum Gasteiger partial charge on any atom is 0.327 e. The minimum Gasteiger partial charge on any atom is -0.459 e. The van der Waals surface area contributed by atoms with Crippen molar-refractivity contribution in [3.8, 4) is 0 Å². The number of fused-ring (bicyclic) bond motifs is 1. The zero-order valence-corrected chi connectivity index (χ0v) is 11.6. The van der Waals surface area contributed by atoms with Crippen molar-refractivity contribution in [2.75, 3.05) is 5.32 Å². The standard InChI is InChI=1S/C14H18N2O4/c1-13(2,3)20-11(17)10(15)14(19)8-6-4-5-7-9(8)16-12(14)18/h4-7,10,19H,15H2,1-3H3,(H,16,18). The Balaban J connectivity index is 2.36. The van der Waals surface area contributed by atoms with Crippen LogP contribution in [-0.2, 0) is 19.9 Å². The molecule has 2 unspecified atom stereocenters. The van der Waals surface area contributed by atoms with Gasteiger partial charge in [0.05, 0.1) is 0 Å². The summed E-state index contributed by atoms with van der Waals surface area (Å²) in [5, 5.41) is 13.1. The molecule has 1 aliphatic rings. The predicted molar refractivity (Wildman–Crippen MR) is 72.8 cm³/mol. The van der Waals surface area contributed by atoms with E-state index in [1.165, 1.54) is 0 Å². The number of hydrogen-bond acceptors (Lipinski definition) is 5. The number of carbonyl (C=O) groups excluding carboxylic acids is 2. The molecule has 0 aromatic heterocycles. The molecule has 1 heterocycles. The Bertz CT molecular complexity index is 565. The van der Waals surface area contributed by atoms with Gasteiger partial charge in [-0.1, -0.05) is 18.2 Å². The van der Waals surface area contributed by atoms with Crippen LogP contribution < -0.4 is 11.1 Å². The third kappa shape index (κ3) is 2.28. The van der Waals surface area contributed by atoms with Gasteiger partial charge >= 0.3 is 5.97 Å². The lowest BCUT2D eigenvalue weighted by Crippen LogP contribution is -2.56. The van der Waals surface area contributed by atoms with Crippen LogP contribution in [0.3, 0.4) is 0 Å². The average Bonchev–Trinajstić information content (AvgIpc) is 2.60. The summed E-state index contributed by atoms with van der Waals surface area (Å²) in [6.45, 7) is 5.05. The number of aliphatic hydroxyl groups is 1. The van der Waals surface area contributed by atoms with Crippen LogP contribution in [0.1, 0.15) is 26.3 Å². The largest absolute Gasteiger partial charge is 0.459 e. The van der Waals surface area contributed by atoms with Crippen LogP contribution in [0.5, 0.6) is 0 Å². The predicted octanol–water partition coefficient (Wildman–Crippen LogP) is 0.495. The summed E-state index contributed by atoms with van der Waals surface area (Å²) >= 11 is 0. The van der Waals surface area contributed by atoms with Gasteiger partial charge in [-0.15, -0.1) is 0 Å². The zero-order valence-electron chi connectivity index (χ0n) is 11.6. The molecule has 20 heavy (non-hydrogen) atoms. The van der Waals surface area contributed by atoms with E-state index in [0.717, 1.165) is 0 Å². The topological polar surface area (TPSA) is 102 Å². The number of amides is 1. The van der Waals surface area contributed by atoms with Gasteiger partial charge in [0.15, 0.2) is 5.60 Å². The minimum absolute atomic E-state index is 0.281. The lowest BCUT2D eigenvalue weighted by molar-refractivity contribution is -0.166. The summed E-state index contributed by atoms with van der Waals surface area (Å²) in [6, 6.07) is 5.06. The first kappa shape index (κ1) is 14.5. The van der Waals surface area contributed by atoms with E-state index in [4.69, 9.17) is 10.5 Å². The summed E-state index contributed by atoms with van der Waals surface area (Å²) in [6.07, 6.45) is 0. The molecule has 1 amide bonds. The molecule has 0 saturated carbocycles. The van der Waals surface area contributed by atoms with Gasteiger partial charge in [-0.05, 0) is 26.8 Å². The van der Waals surface area contributed by atoms with Gasteiger partial charge in [-0.2, -0.15) is 0 Å². The first-order chi connectivity index (χ1) is 9.16. The minimum atomic E-state index is -2.11. The number of benzene rings is 1. The van der Waals surface area contributed by atoms with Gasteiger partial charge < -0.3 is 20.9 Å². The Morgan fingerprint density at radius 3 is 2.60 bits per heavy atom. The molecule has 0 fully saturated rings. The number of nitrogens with one attached hydrogen (secondary N) is 1. The molecule has 1 aliphatic heterocycles. The lowest BCUT2D eigenvalue weighted by atomic mass is 9.88. The Morgan fingerprint density at radius 2 is 2.00 bits per heavy atom. The maximum atomic E-state index is 12.0. The summed E-state index contributed by atoms with van der Waals surface area (Å²) in [4.78, 5) is 24.0. The number of esters is 1. The molecule has 2 atom stereocenters. The Kier molecular flexibility index (Phi) is 3.31.